The first-order valence-corrected chi connectivity index (χ1v) is 6.03. The molecule has 1 saturated heterocycles. The third-order valence-corrected chi connectivity index (χ3v) is 3.17. The molecule has 1 unspecified atom stereocenters. The first-order valence-electron chi connectivity index (χ1n) is 6.74. The van der Waals surface area contributed by atoms with Crippen molar-refractivity contribution in [3.05, 3.63) is 0 Å². The van der Waals surface area contributed by atoms with Crippen LogP contribution in [-0.2, 0) is 14.3 Å². The van der Waals surface area contributed by atoms with Gasteiger partial charge in [0, 0.05) is 14.7 Å². The molecule has 7 N–H and O–H groups in total. The van der Waals surface area contributed by atoms with Crippen LogP contribution >= 0.6 is 0 Å². The zero-order valence-corrected chi connectivity index (χ0v) is 10.9. The molecule has 1 amide bonds. The highest BCUT2D eigenvalue weighted by Crippen LogP contribution is 2.30. The van der Waals surface area contributed by atoms with Crippen molar-refractivity contribution in [2.24, 2.45) is 0 Å². The normalized spacial score (nSPS) is 36.4. The summed E-state index contributed by atoms with van der Waals surface area (Å²) in [4.78, 5) is 22.3. The van der Waals surface area contributed by atoms with E-state index in [0.717, 1.165) is 0 Å². The number of hydrogen-bond donors (Lipinski definition) is 7. The first-order chi connectivity index (χ1) is 10.2. The lowest BCUT2D eigenvalue weighted by Gasteiger charge is -2.44. The highest BCUT2D eigenvalue weighted by atomic mass is 16.7. The molecule has 10 heteroatoms. The van der Waals surface area contributed by atoms with Gasteiger partial charge in [-0.25, -0.2) is 4.79 Å². The Hall–Kier alpha value is -1.30. The van der Waals surface area contributed by atoms with Gasteiger partial charge in [0.2, 0.25) is 5.91 Å². The molecule has 21 heavy (non-hydrogen) atoms. The molecule has 122 valence electrons. The largest absolute Gasteiger partial charge is 0.477 e. The topological polar surface area (TPSA) is 177 Å². The number of carbonyl (C=O) groups excluding carboxylic acids is 1. The van der Waals surface area contributed by atoms with E-state index in [2.05, 4.69) is 5.32 Å². The fourth-order valence-electron chi connectivity index (χ4n) is 2.09. The standard InChI is InChI=1S/C11H19NO9/c1-4(14)12-7-5(15)2-11(20,10(18)19)21-9(7)8(17)6(16)3-13/h5-9,13,15-17,20H,2-3H2,1H3,(H,12,14)(H,18,19)/t5-,6+,7+,8+,9+,11?/m0/s1/i1D. The van der Waals surface area contributed by atoms with Gasteiger partial charge in [-0.05, 0) is 0 Å². The lowest BCUT2D eigenvalue weighted by molar-refractivity contribution is -0.295. The van der Waals surface area contributed by atoms with E-state index in [9.17, 15) is 30.0 Å². The predicted molar refractivity (Wildman–Crippen MR) is 64.8 cm³/mol. The van der Waals surface area contributed by atoms with Gasteiger partial charge in [-0.1, -0.05) is 0 Å². The number of hydrogen-bond acceptors (Lipinski definition) is 8. The van der Waals surface area contributed by atoms with Gasteiger partial charge in [-0.2, -0.15) is 0 Å². The van der Waals surface area contributed by atoms with Crippen LogP contribution in [0.25, 0.3) is 0 Å². The maximum absolute atomic E-state index is 11.3. The van der Waals surface area contributed by atoms with E-state index >= 15 is 0 Å². The van der Waals surface area contributed by atoms with Crippen LogP contribution in [-0.4, -0.2) is 85.4 Å². The molecule has 1 heterocycles. The second-order valence-corrected chi connectivity index (χ2v) is 4.78. The van der Waals surface area contributed by atoms with E-state index in [1.165, 1.54) is 0 Å². The van der Waals surface area contributed by atoms with Crippen LogP contribution in [0, 0.1) is 0 Å². The number of ether oxygens (including phenoxy) is 1. The Morgan fingerprint density at radius 2 is 2.14 bits per heavy atom. The minimum atomic E-state index is -2.83. The summed E-state index contributed by atoms with van der Waals surface area (Å²) in [5.74, 6) is -5.50. The smallest absolute Gasteiger partial charge is 0.364 e. The number of carboxylic acids is 1. The molecule has 1 fully saturated rings. The highest BCUT2D eigenvalue weighted by molar-refractivity contribution is 5.76. The van der Waals surface area contributed by atoms with Gasteiger partial charge >= 0.3 is 5.97 Å². The van der Waals surface area contributed by atoms with Crippen LogP contribution in [0.1, 0.15) is 14.7 Å². The first kappa shape index (κ1) is 16.1. The fourth-order valence-corrected chi connectivity index (χ4v) is 2.09. The lowest BCUT2D eigenvalue weighted by atomic mass is 9.88. The Labute approximate surface area is 121 Å². The lowest BCUT2D eigenvalue weighted by Crippen LogP contribution is -2.67. The molecule has 6 atom stereocenters. The van der Waals surface area contributed by atoms with Gasteiger partial charge in [-0.15, -0.1) is 0 Å². The highest BCUT2D eigenvalue weighted by Gasteiger charge is 2.53. The van der Waals surface area contributed by atoms with E-state index in [4.69, 9.17) is 16.3 Å². The quantitative estimate of drug-likeness (QED) is 0.267. The number of amides is 1. The van der Waals surface area contributed by atoms with Crippen LogP contribution in [0.5, 0.6) is 0 Å². The fraction of sp³-hybridized carbons (Fsp3) is 0.818. The molecule has 0 aromatic heterocycles. The van der Waals surface area contributed by atoms with Crippen molar-refractivity contribution in [1.82, 2.24) is 5.32 Å². The van der Waals surface area contributed by atoms with Crippen LogP contribution < -0.4 is 5.32 Å². The Morgan fingerprint density at radius 1 is 1.52 bits per heavy atom. The van der Waals surface area contributed by atoms with Gasteiger partial charge in [0.05, 0.1) is 18.8 Å². The number of carbonyl (C=O) groups is 2. The number of carboxylic acid groups (broad SMARTS) is 1. The van der Waals surface area contributed by atoms with E-state index in [-0.39, 0.29) is 0 Å². The Balaban J connectivity index is 3.07. The van der Waals surface area contributed by atoms with E-state index < -0.39 is 68.0 Å². The van der Waals surface area contributed by atoms with Gasteiger partial charge in [-0.3, -0.25) is 4.79 Å². The van der Waals surface area contributed by atoms with Crippen molar-refractivity contribution in [3.63, 3.8) is 0 Å². The minimum Gasteiger partial charge on any atom is -0.477 e. The molecule has 0 saturated carbocycles. The van der Waals surface area contributed by atoms with Crippen LogP contribution in [0.3, 0.4) is 0 Å². The average Bonchev–Trinajstić information content (AvgIpc) is 2.47. The average molecular weight is 310 g/mol. The second kappa shape index (κ2) is 6.64. The summed E-state index contributed by atoms with van der Waals surface area (Å²) < 4.78 is 11.8. The van der Waals surface area contributed by atoms with Crippen molar-refractivity contribution in [1.29, 1.82) is 0 Å². The Kier molecular flexibility index (Phi) is 5.08. The molecule has 1 aliphatic rings. The van der Waals surface area contributed by atoms with Crippen molar-refractivity contribution in [2.75, 3.05) is 6.61 Å². The third kappa shape index (κ3) is 3.87. The summed E-state index contributed by atoms with van der Waals surface area (Å²) in [5, 5.41) is 59.0. The number of aliphatic hydroxyl groups is 5. The zero-order chi connectivity index (χ0) is 17.1. The van der Waals surface area contributed by atoms with Crippen LogP contribution in [0.2, 0.25) is 0 Å². The number of aliphatic carboxylic acids is 1. The molecule has 10 nitrogen and oxygen atoms in total. The summed E-state index contributed by atoms with van der Waals surface area (Å²) >= 11 is 0. The van der Waals surface area contributed by atoms with Crippen molar-refractivity contribution >= 4 is 11.9 Å². The van der Waals surface area contributed by atoms with Crippen molar-refractivity contribution in [2.45, 2.75) is 49.6 Å². The molecular weight excluding hydrogens is 290 g/mol. The zero-order valence-electron chi connectivity index (χ0n) is 11.9. The molecule has 1 aliphatic heterocycles. The van der Waals surface area contributed by atoms with Gasteiger partial charge < -0.3 is 40.7 Å². The summed E-state index contributed by atoms with van der Waals surface area (Å²) in [6.45, 7) is -1.60. The number of aliphatic hydroxyl groups excluding tert-OH is 4. The Bertz CT molecular complexity index is 422. The van der Waals surface area contributed by atoms with Crippen LogP contribution in [0.4, 0.5) is 0 Å². The maximum Gasteiger partial charge on any atom is 0.364 e. The summed E-state index contributed by atoms with van der Waals surface area (Å²) in [5.41, 5.74) is 0. The second-order valence-electron chi connectivity index (χ2n) is 4.78. The monoisotopic (exact) mass is 310 g/mol. The van der Waals surface area contributed by atoms with Gasteiger partial charge in [0.25, 0.3) is 5.79 Å². The van der Waals surface area contributed by atoms with Crippen molar-refractivity contribution < 1.29 is 46.3 Å². The molecule has 0 radical (unpaired) electrons. The predicted octanol–water partition coefficient (Wildman–Crippen LogP) is -3.87. The number of rotatable bonds is 5. The molecule has 1 rings (SSSR count). The maximum atomic E-state index is 11.3. The Morgan fingerprint density at radius 3 is 2.62 bits per heavy atom. The summed E-state index contributed by atoms with van der Waals surface area (Å²) in [6, 6.07) is -1.38. The number of nitrogens with one attached hydrogen (secondary N) is 1. The molecule has 0 spiro atoms. The van der Waals surface area contributed by atoms with E-state index in [1.54, 1.807) is 0 Å². The minimum absolute atomic E-state index is 0.697. The SMILES string of the molecule is [2H]CC(=O)N[C@H]1[C@H]([C@H](O)[C@H](O)CO)OC(O)(C(=O)O)C[C@@H]1O. The van der Waals surface area contributed by atoms with Crippen molar-refractivity contribution in [3.8, 4) is 0 Å². The van der Waals surface area contributed by atoms with Gasteiger partial charge in [0.15, 0.2) is 0 Å². The van der Waals surface area contributed by atoms with E-state index in [0.29, 0.717) is 0 Å². The summed E-state index contributed by atoms with van der Waals surface area (Å²) in [6.07, 6.45) is -7.81. The molecule has 0 aromatic rings. The molecule has 0 aromatic carbocycles. The molecule has 0 bridgehead atoms. The molecular formula is C11H19NO9. The summed E-state index contributed by atoms with van der Waals surface area (Å²) in [7, 11) is 0. The van der Waals surface area contributed by atoms with E-state index in [1.807, 2.05) is 0 Å². The third-order valence-electron chi connectivity index (χ3n) is 3.17. The molecule has 0 aliphatic carbocycles. The van der Waals surface area contributed by atoms with Crippen LogP contribution in [0.15, 0.2) is 0 Å². The van der Waals surface area contributed by atoms with Gasteiger partial charge in [0.1, 0.15) is 18.3 Å².